The van der Waals surface area contributed by atoms with Gasteiger partial charge in [0.1, 0.15) is 0 Å². The Kier molecular flexibility index (Phi) is 6.27. The molecule has 3 heteroatoms. The topological polar surface area (TPSA) is 38.3 Å². The van der Waals surface area contributed by atoms with Crippen LogP contribution in [0.15, 0.2) is 12.2 Å². The maximum Gasteiger partial charge on any atom is 0.334 e. The summed E-state index contributed by atoms with van der Waals surface area (Å²) in [6.07, 6.45) is 6.35. The molecule has 98 valence electrons. The molecule has 1 aliphatic rings. The fourth-order valence-electron chi connectivity index (χ4n) is 2.42. The van der Waals surface area contributed by atoms with Crippen LogP contribution in [0.1, 0.15) is 46.0 Å². The largest absolute Gasteiger partial charge is 0.463 e. The van der Waals surface area contributed by atoms with Crippen molar-refractivity contribution in [2.75, 3.05) is 13.2 Å². The average molecular weight is 239 g/mol. The number of ether oxygens (including phenoxy) is 1. The first kappa shape index (κ1) is 14.2. The third kappa shape index (κ3) is 4.90. The molecule has 0 aromatic heterocycles. The second kappa shape index (κ2) is 7.49. The SMILES string of the molecule is C=C(CNC1CCCC(CC)C1)C(=O)OCC. The van der Waals surface area contributed by atoms with E-state index in [4.69, 9.17) is 4.74 Å². The van der Waals surface area contributed by atoms with Crippen molar-refractivity contribution in [3.05, 3.63) is 12.2 Å². The summed E-state index contributed by atoms with van der Waals surface area (Å²) in [6.45, 7) is 8.80. The molecule has 0 spiro atoms. The molecule has 2 atom stereocenters. The maximum absolute atomic E-state index is 11.4. The van der Waals surface area contributed by atoms with Gasteiger partial charge in [0.15, 0.2) is 0 Å². The highest BCUT2D eigenvalue weighted by Gasteiger charge is 2.20. The molecular formula is C14H25NO2. The molecule has 0 aromatic rings. The summed E-state index contributed by atoms with van der Waals surface area (Å²) in [5.74, 6) is 0.569. The number of hydrogen-bond acceptors (Lipinski definition) is 3. The van der Waals surface area contributed by atoms with Gasteiger partial charge in [-0.1, -0.05) is 32.8 Å². The Balaban J connectivity index is 2.25. The number of hydrogen-bond donors (Lipinski definition) is 1. The average Bonchev–Trinajstić information content (AvgIpc) is 2.36. The first-order valence-electron chi connectivity index (χ1n) is 6.75. The quantitative estimate of drug-likeness (QED) is 0.572. The third-order valence-electron chi connectivity index (χ3n) is 3.53. The smallest absolute Gasteiger partial charge is 0.334 e. The molecule has 17 heavy (non-hydrogen) atoms. The van der Waals surface area contributed by atoms with Crippen molar-refractivity contribution < 1.29 is 9.53 Å². The van der Waals surface area contributed by atoms with Crippen molar-refractivity contribution >= 4 is 5.97 Å². The fraction of sp³-hybridized carbons (Fsp3) is 0.786. The van der Waals surface area contributed by atoms with E-state index in [9.17, 15) is 4.79 Å². The number of rotatable bonds is 6. The summed E-state index contributed by atoms with van der Waals surface area (Å²) < 4.78 is 4.91. The normalized spacial score (nSPS) is 24.4. The van der Waals surface area contributed by atoms with Gasteiger partial charge in [-0.2, -0.15) is 0 Å². The van der Waals surface area contributed by atoms with Crippen LogP contribution in [-0.2, 0) is 9.53 Å². The predicted molar refractivity (Wildman–Crippen MR) is 69.8 cm³/mol. The first-order chi connectivity index (χ1) is 8.17. The van der Waals surface area contributed by atoms with Crippen LogP contribution >= 0.6 is 0 Å². The van der Waals surface area contributed by atoms with Crippen LogP contribution in [0, 0.1) is 5.92 Å². The lowest BCUT2D eigenvalue weighted by atomic mass is 9.84. The van der Waals surface area contributed by atoms with Crippen LogP contribution in [0.3, 0.4) is 0 Å². The van der Waals surface area contributed by atoms with Crippen molar-refractivity contribution in [3.8, 4) is 0 Å². The van der Waals surface area contributed by atoms with E-state index in [0.717, 1.165) is 5.92 Å². The van der Waals surface area contributed by atoms with E-state index in [0.29, 0.717) is 24.8 Å². The van der Waals surface area contributed by atoms with E-state index >= 15 is 0 Å². The molecule has 0 aromatic carbocycles. The highest BCUT2D eigenvalue weighted by Crippen LogP contribution is 2.26. The van der Waals surface area contributed by atoms with Crippen LogP contribution in [0.4, 0.5) is 0 Å². The Morgan fingerprint density at radius 1 is 1.41 bits per heavy atom. The molecule has 1 fully saturated rings. The predicted octanol–water partition coefficient (Wildman–Crippen LogP) is 2.66. The number of carbonyl (C=O) groups is 1. The van der Waals surface area contributed by atoms with Gasteiger partial charge in [-0.25, -0.2) is 4.79 Å². The zero-order valence-corrected chi connectivity index (χ0v) is 11.1. The van der Waals surface area contributed by atoms with E-state index < -0.39 is 0 Å². The summed E-state index contributed by atoms with van der Waals surface area (Å²) in [5.41, 5.74) is 0.533. The minimum atomic E-state index is -0.275. The van der Waals surface area contributed by atoms with Crippen LogP contribution in [0.5, 0.6) is 0 Å². The fourth-order valence-corrected chi connectivity index (χ4v) is 2.42. The Bertz CT molecular complexity index is 263. The summed E-state index contributed by atoms with van der Waals surface area (Å²) in [5, 5.41) is 3.42. The van der Waals surface area contributed by atoms with Crippen molar-refractivity contribution in [1.29, 1.82) is 0 Å². The molecule has 1 rings (SSSR count). The molecular weight excluding hydrogens is 214 g/mol. The minimum Gasteiger partial charge on any atom is -0.463 e. The highest BCUT2D eigenvalue weighted by atomic mass is 16.5. The van der Waals surface area contributed by atoms with Crippen LogP contribution < -0.4 is 5.32 Å². The van der Waals surface area contributed by atoms with Gasteiger partial charge in [-0.3, -0.25) is 0 Å². The molecule has 1 saturated carbocycles. The molecule has 0 bridgehead atoms. The molecule has 1 N–H and O–H groups in total. The van der Waals surface area contributed by atoms with E-state index in [-0.39, 0.29) is 5.97 Å². The number of nitrogens with one attached hydrogen (secondary N) is 1. The van der Waals surface area contributed by atoms with Gasteiger partial charge in [0.25, 0.3) is 0 Å². The lowest BCUT2D eigenvalue weighted by molar-refractivity contribution is -0.138. The molecule has 1 aliphatic carbocycles. The highest BCUT2D eigenvalue weighted by molar-refractivity contribution is 5.88. The third-order valence-corrected chi connectivity index (χ3v) is 3.53. The second-order valence-electron chi connectivity index (χ2n) is 4.84. The van der Waals surface area contributed by atoms with Crippen molar-refractivity contribution in [1.82, 2.24) is 5.32 Å². The zero-order valence-electron chi connectivity index (χ0n) is 11.1. The van der Waals surface area contributed by atoms with E-state index in [1.54, 1.807) is 0 Å². The standard InChI is InChI=1S/C14H25NO2/c1-4-12-7-6-8-13(9-12)15-10-11(3)14(16)17-5-2/h12-13,15H,3-10H2,1-2H3. The van der Waals surface area contributed by atoms with Gasteiger partial charge in [0, 0.05) is 18.2 Å². The Morgan fingerprint density at radius 3 is 2.82 bits per heavy atom. The zero-order chi connectivity index (χ0) is 12.7. The van der Waals surface area contributed by atoms with Crippen LogP contribution in [0.2, 0.25) is 0 Å². The van der Waals surface area contributed by atoms with Crippen molar-refractivity contribution in [2.45, 2.75) is 52.0 Å². The van der Waals surface area contributed by atoms with Crippen molar-refractivity contribution in [3.63, 3.8) is 0 Å². The summed E-state index contributed by atoms with van der Waals surface area (Å²) in [4.78, 5) is 11.4. The summed E-state index contributed by atoms with van der Waals surface area (Å²) in [6, 6.07) is 0.542. The molecule has 0 heterocycles. The molecule has 2 unspecified atom stereocenters. The Hall–Kier alpha value is -0.830. The molecule has 0 aliphatic heterocycles. The maximum atomic E-state index is 11.4. The first-order valence-corrected chi connectivity index (χ1v) is 6.75. The minimum absolute atomic E-state index is 0.275. The molecule has 3 nitrogen and oxygen atoms in total. The monoisotopic (exact) mass is 239 g/mol. The van der Waals surface area contributed by atoms with Gasteiger partial charge in [0.05, 0.1) is 6.61 Å². The van der Waals surface area contributed by atoms with Crippen LogP contribution in [0.25, 0.3) is 0 Å². The van der Waals surface area contributed by atoms with Gasteiger partial charge < -0.3 is 10.1 Å². The lowest BCUT2D eigenvalue weighted by Gasteiger charge is -2.29. The van der Waals surface area contributed by atoms with Gasteiger partial charge in [-0.15, -0.1) is 0 Å². The molecule has 0 saturated heterocycles. The van der Waals surface area contributed by atoms with Gasteiger partial charge in [0.2, 0.25) is 0 Å². The summed E-state index contributed by atoms with van der Waals surface area (Å²) in [7, 11) is 0. The van der Waals surface area contributed by atoms with E-state index in [2.05, 4.69) is 18.8 Å². The molecule has 0 amide bonds. The lowest BCUT2D eigenvalue weighted by Crippen LogP contribution is -2.36. The van der Waals surface area contributed by atoms with Gasteiger partial charge >= 0.3 is 5.97 Å². The number of esters is 1. The second-order valence-corrected chi connectivity index (χ2v) is 4.84. The number of carbonyl (C=O) groups excluding carboxylic acids is 1. The van der Waals surface area contributed by atoms with Crippen LogP contribution in [-0.4, -0.2) is 25.2 Å². The van der Waals surface area contributed by atoms with E-state index in [1.807, 2.05) is 6.92 Å². The summed E-state index contributed by atoms with van der Waals surface area (Å²) >= 11 is 0. The van der Waals surface area contributed by atoms with Crippen molar-refractivity contribution in [2.24, 2.45) is 5.92 Å². The van der Waals surface area contributed by atoms with Gasteiger partial charge in [-0.05, 0) is 25.7 Å². The molecule has 0 radical (unpaired) electrons. The Labute approximate surface area is 105 Å². The Morgan fingerprint density at radius 2 is 2.18 bits per heavy atom. The van der Waals surface area contributed by atoms with E-state index in [1.165, 1.54) is 32.1 Å².